The molecule has 3 rings (SSSR count). The van der Waals surface area contributed by atoms with E-state index in [9.17, 15) is 19.2 Å². The van der Waals surface area contributed by atoms with Crippen LogP contribution in [0.25, 0.3) is 11.3 Å². The lowest BCUT2D eigenvalue weighted by atomic mass is 9.97. The minimum absolute atomic E-state index is 0.325. The van der Waals surface area contributed by atoms with Crippen molar-refractivity contribution in [1.29, 1.82) is 0 Å². The molecule has 5 atom stereocenters. The van der Waals surface area contributed by atoms with Gasteiger partial charge in [0.1, 0.15) is 18.4 Å². The molecule has 1 aromatic heterocycles. The highest BCUT2D eigenvalue weighted by Crippen LogP contribution is 2.35. The molecule has 12 heteroatoms. The zero-order valence-corrected chi connectivity index (χ0v) is 19.1. The molecule has 0 aliphatic carbocycles. The van der Waals surface area contributed by atoms with E-state index < -0.39 is 54.5 Å². The van der Waals surface area contributed by atoms with Gasteiger partial charge in [-0.25, -0.2) is 4.68 Å². The lowest BCUT2D eigenvalue weighted by Gasteiger charge is -2.44. The number of esters is 4. The molecule has 1 aliphatic heterocycles. The largest absolute Gasteiger partial charge is 0.463 e. The van der Waals surface area contributed by atoms with Crippen LogP contribution < -0.4 is 0 Å². The molecule has 0 amide bonds. The van der Waals surface area contributed by atoms with Gasteiger partial charge in [-0.05, 0) is 0 Å². The number of aromatic nitrogens is 3. The van der Waals surface area contributed by atoms with Crippen LogP contribution in [0, 0.1) is 0 Å². The molecule has 34 heavy (non-hydrogen) atoms. The molecule has 1 fully saturated rings. The van der Waals surface area contributed by atoms with Crippen molar-refractivity contribution in [3.05, 3.63) is 36.5 Å². The lowest BCUT2D eigenvalue weighted by molar-refractivity contribution is -0.270. The Morgan fingerprint density at radius 2 is 1.44 bits per heavy atom. The Balaban J connectivity index is 2.03. The van der Waals surface area contributed by atoms with Crippen LogP contribution in [0.15, 0.2) is 36.5 Å². The van der Waals surface area contributed by atoms with Crippen molar-refractivity contribution in [2.45, 2.75) is 58.3 Å². The highest BCUT2D eigenvalue weighted by molar-refractivity contribution is 5.68. The number of hydrogen-bond donors (Lipinski definition) is 0. The van der Waals surface area contributed by atoms with E-state index in [-0.39, 0.29) is 6.61 Å². The van der Waals surface area contributed by atoms with Crippen molar-refractivity contribution in [3.63, 3.8) is 0 Å². The van der Waals surface area contributed by atoms with Gasteiger partial charge in [0.2, 0.25) is 0 Å². The van der Waals surface area contributed by atoms with Crippen molar-refractivity contribution in [2.75, 3.05) is 6.61 Å². The van der Waals surface area contributed by atoms with Gasteiger partial charge in [-0.1, -0.05) is 35.5 Å². The van der Waals surface area contributed by atoms with Crippen LogP contribution in [0.2, 0.25) is 0 Å². The topological polar surface area (TPSA) is 145 Å². The van der Waals surface area contributed by atoms with Gasteiger partial charge in [-0.3, -0.25) is 19.2 Å². The average Bonchev–Trinajstić information content (AvgIpc) is 3.25. The van der Waals surface area contributed by atoms with E-state index in [1.54, 1.807) is 6.20 Å². The highest BCUT2D eigenvalue weighted by Gasteiger charge is 2.53. The molecule has 12 nitrogen and oxygen atoms in total. The van der Waals surface area contributed by atoms with E-state index >= 15 is 0 Å². The predicted molar refractivity (Wildman–Crippen MR) is 113 cm³/mol. The Morgan fingerprint density at radius 3 is 2.03 bits per heavy atom. The summed E-state index contributed by atoms with van der Waals surface area (Å²) in [7, 11) is 0. The summed E-state index contributed by atoms with van der Waals surface area (Å²) in [6.45, 7) is 4.36. The molecule has 182 valence electrons. The minimum Gasteiger partial charge on any atom is -0.463 e. The van der Waals surface area contributed by atoms with Crippen molar-refractivity contribution >= 4 is 23.9 Å². The first-order chi connectivity index (χ1) is 16.2. The van der Waals surface area contributed by atoms with Crippen LogP contribution in [0.4, 0.5) is 0 Å². The molecule has 0 saturated carbocycles. The normalized spacial score (nSPS) is 24.1. The number of carbonyl (C=O) groups is 4. The van der Waals surface area contributed by atoms with Crippen LogP contribution in [0.1, 0.15) is 33.9 Å². The van der Waals surface area contributed by atoms with E-state index in [0.717, 1.165) is 19.4 Å². The maximum absolute atomic E-state index is 11.9. The first-order valence-electron chi connectivity index (χ1n) is 10.4. The fourth-order valence-corrected chi connectivity index (χ4v) is 3.56. The third-order valence-corrected chi connectivity index (χ3v) is 4.81. The molecular formula is C22H25N3O9. The molecule has 2 heterocycles. The van der Waals surface area contributed by atoms with E-state index in [2.05, 4.69) is 10.3 Å². The second-order valence-corrected chi connectivity index (χ2v) is 7.54. The van der Waals surface area contributed by atoms with Gasteiger partial charge < -0.3 is 23.7 Å². The summed E-state index contributed by atoms with van der Waals surface area (Å²) in [6, 6.07) is 9.20. The van der Waals surface area contributed by atoms with Gasteiger partial charge in [0.25, 0.3) is 0 Å². The number of carbonyl (C=O) groups excluding carboxylic acids is 4. The average molecular weight is 475 g/mol. The molecule has 0 radical (unpaired) electrons. The summed E-state index contributed by atoms with van der Waals surface area (Å²) in [6.07, 6.45) is -4.43. The Kier molecular flexibility index (Phi) is 7.95. The molecule has 1 saturated heterocycles. The zero-order valence-electron chi connectivity index (χ0n) is 19.1. The quantitative estimate of drug-likeness (QED) is 0.420. The first kappa shape index (κ1) is 24.8. The molecule has 0 bridgehead atoms. The number of ether oxygens (including phenoxy) is 5. The van der Waals surface area contributed by atoms with Crippen molar-refractivity contribution in [1.82, 2.24) is 15.0 Å². The maximum Gasteiger partial charge on any atom is 0.303 e. The molecule has 0 spiro atoms. The predicted octanol–water partition coefficient (Wildman–Crippen LogP) is 1.20. The number of benzene rings is 1. The van der Waals surface area contributed by atoms with Crippen molar-refractivity contribution in [3.8, 4) is 11.3 Å². The molecule has 0 unspecified atom stereocenters. The first-order valence-corrected chi connectivity index (χ1v) is 10.4. The molecular weight excluding hydrogens is 450 g/mol. The Morgan fingerprint density at radius 1 is 0.853 bits per heavy atom. The third kappa shape index (κ3) is 6.16. The van der Waals surface area contributed by atoms with Crippen molar-refractivity contribution < 1.29 is 42.9 Å². The smallest absolute Gasteiger partial charge is 0.303 e. The number of hydrogen-bond acceptors (Lipinski definition) is 11. The molecule has 1 aromatic carbocycles. The minimum atomic E-state index is -1.28. The number of rotatable bonds is 7. The standard InChI is InChI=1S/C22H25N3O9/c1-12(26)30-11-18-19(31-13(2)27)20(32-14(3)28)21(33-15(4)29)22(34-18)25-10-17(23-24-25)16-8-6-5-7-9-16/h5-10,18-22H,11H2,1-4H3/t18-,19+,20+,21-,22+/m0/s1. The van der Waals surface area contributed by atoms with Crippen molar-refractivity contribution in [2.24, 2.45) is 0 Å². The Hall–Kier alpha value is -3.80. The van der Waals surface area contributed by atoms with E-state index in [1.165, 1.54) is 18.5 Å². The highest BCUT2D eigenvalue weighted by atomic mass is 16.7. The third-order valence-electron chi connectivity index (χ3n) is 4.81. The Labute approximate surface area is 195 Å². The van der Waals surface area contributed by atoms with Gasteiger partial charge in [0.05, 0.1) is 6.20 Å². The fourth-order valence-electron chi connectivity index (χ4n) is 3.56. The van der Waals surface area contributed by atoms with Crippen LogP contribution >= 0.6 is 0 Å². The summed E-state index contributed by atoms with van der Waals surface area (Å²) in [5, 5.41) is 8.24. The Bertz CT molecular complexity index is 1040. The second-order valence-electron chi connectivity index (χ2n) is 7.54. The monoisotopic (exact) mass is 475 g/mol. The van der Waals surface area contributed by atoms with E-state index in [4.69, 9.17) is 23.7 Å². The second kappa shape index (κ2) is 10.9. The van der Waals surface area contributed by atoms with Crippen LogP contribution in [0.5, 0.6) is 0 Å². The van der Waals surface area contributed by atoms with E-state index in [1.807, 2.05) is 30.3 Å². The van der Waals surface area contributed by atoms with Gasteiger partial charge in [0, 0.05) is 33.3 Å². The van der Waals surface area contributed by atoms with Gasteiger partial charge >= 0.3 is 23.9 Å². The molecule has 0 N–H and O–H groups in total. The summed E-state index contributed by atoms with van der Waals surface area (Å²) < 4.78 is 28.6. The van der Waals surface area contributed by atoms with Gasteiger partial charge in [0.15, 0.2) is 24.5 Å². The SMILES string of the molecule is CC(=O)OC[C@@H]1O[C@@H](n2cc(-c3ccccc3)nn2)[C@@H](OC(C)=O)[C@H](OC(C)=O)[C@@H]1OC(C)=O. The summed E-state index contributed by atoms with van der Waals surface area (Å²) >= 11 is 0. The molecule has 1 aliphatic rings. The van der Waals surface area contributed by atoms with Crippen LogP contribution in [-0.4, -0.2) is 69.9 Å². The maximum atomic E-state index is 11.9. The van der Waals surface area contributed by atoms with Gasteiger partial charge in [-0.15, -0.1) is 5.10 Å². The van der Waals surface area contributed by atoms with Crippen LogP contribution in [0.3, 0.4) is 0 Å². The summed E-state index contributed by atoms with van der Waals surface area (Å²) in [4.78, 5) is 47.1. The van der Waals surface area contributed by atoms with Crippen LogP contribution in [-0.2, 0) is 42.9 Å². The van der Waals surface area contributed by atoms with Gasteiger partial charge in [-0.2, -0.15) is 0 Å². The fraction of sp³-hybridized carbons (Fsp3) is 0.455. The molecule has 2 aromatic rings. The van der Waals surface area contributed by atoms with E-state index in [0.29, 0.717) is 5.69 Å². The number of nitrogens with zero attached hydrogens (tertiary/aromatic N) is 3. The summed E-state index contributed by atoms with van der Waals surface area (Å²) in [5.41, 5.74) is 1.29. The summed E-state index contributed by atoms with van der Waals surface area (Å²) in [5.74, 6) is -2.71. The zero-order chi connectivity index (χ0) is 24.8. The lowest BCUT2D eigenvalue weighted by Crippen LogP contribution is -2.60.